The lowest BCUT2D eigenvalue weighted by Gasteiger charge is -2.06. The van der Waals surface area contributed by atoms with Crippen LogP contribution in [0.1, 0.15) is 10.5 Å². The fourth-order valence-electron chi connectivity index (χ4n) is 2.71. The number of hydrogen-bond donors (Lipinski definition) is 2. The van der Waals surface area contributed by atoms with Gasteiger partial charge in [-0.1, -0.05) is 6.07 Å². The van der Waals surface area contributed by atoms with Crippen LogP contribution in [0.2, 0.25) is 0 Å². The van der Waals surface area contributed by atoms with E-state index in [-0.39, 0.29) is 11.6 Å². The highest BCUT2D eigenvalue weighted by Gasteiger charge is 2.16. The van der Waals surface area contributed by atoms with Gasteiger partial charge in [-0.2, -0.15) is 10.2 Å². The second kappa shape index (κ2) is 7.31. The molecule has 0 unspecified atom stereocenters. The van der Waals surface area contributed by atoms with E-state index in [2.05, 4.69) is 30.6 Å². The van der Waals surface area contributed by atoms with Crippen LogP contribution in [-0.2, 0) is 7.05 Å². The second-order valence-electron chi connectivity index (χ2n) is 5.98. The van der Waals surface area contributed by atoms with Crippen LogP contribution in [-0.4, -0.2) is 43.0 Å². The van der Waals surface area contributed by atoms with E-state index in [1.54, 1.807) is 73.8 Å². The number of pyridine rings is 2. The number of amides is 1. The Labute approximate surface area is 160 Å². The summed E-state index contributed by atoms with van der Waals surface area (Å²) in [5.41, 5.74) is 3.37. The van der Waals surface area contributed by atoms with Crippen LogP contribution in [0.15, 0.2) is 55.0 Å². The van der Waals surface area contributed by atoms with Gasteiger partial charge in [-0.3, -0.25) is 19.6 Å². The van der Waals surface area contributed by atoms with Crippen LogP contribution in [0, 0.1) is 0 Å². The van der Waals surface area contributed by atoms with Gasteiger partial charge in [0, 0.05) is 19.4 Å². The third-order valence-electron chi connectivity index (χ3n) is 4.05. The Morgan fingerprint density at radius 1 is 1.18 bits per heavy atom. The lowest BCUT2D eigenvalue weighted by atomic mass is 10.2. The van der Waals surface area contributed by atoms with E-state index in [1.807, 2.05) is 0 Å². The molecule has 4 aromatic rings. The monoisotopic (exact) mass is 375 g/mol. The number of nitrogens with zero attached hydrogens (tertiary/aromatic N) is 5. The molecule has 0 aliphatic heterocycles. The van der Waals surface area contributed by atoms with Crippen molar-refractivity contribution in [1.29, 1.82) is 0 Å². The summed E-state index contributed by atoms with van der Waals surface area (Å²) in [6, 6.07) is 10.6. The smallest absolute Gasteiger partial charge is 0.274 e. The molecule has 0 aliphatic carbocycles. The summed E-state index contributed by atoms with van der Waals surface area (Å²) in [5, 5.41) is 14.0. The third kappa shape index (κ3) is 3.45. The molecule has 0 spiro atoms. The number of ether oxygens (including phenoxy) is 1. The Hall–Kier alpha value is -4.01. The largest absolute Gasteiger partial charge is 0.495 e. The molecule has 9 nitrogen and oxygen atoms in total. The molecule has 2 N–H and O–H groups in total. The Bertz CT molecular complexity index is 1100. The van der Waals surface area contributed by atoms with Crippen molar-refractivity contribution in [3.63, 3.8) is 0 Å². The molecule has 0 saturated carbocycles. The Morgan fingerprint density at radius 2 is 2.07 bits per heavy atom. The van der Waals surface area contributed by atoms with Gasteiger partial charge in [0.2, 0.25) is 0 Å². The van der Waals surface area contributed by atoms with Gasteiger partial charge in [0.05, 0.1) is 36.1 Å². The van der Waals surface area contributed by atoms with Gasteiger partial charge in [-0.15, -0.1) is 0 Å². The first-order chi connectivity index (χ1) is 13.6. The van der Waals surface area contributed by atoms with Crippen molar-refractivity contribution in [2.24, 2.45) is 7.05 Å². The van der Waals surface area contributed by atoms with Gasteiger partial charge in [-0.25, -0.2) is 4.98 Å². The molecule has 9 heteroatoms. The van der Waals surface area contributed by atoms with Crippen molar-refractivity contribution in [1.82, 2.24) is 29.9 Å². The summed E-state index contributed by atoms with van der Waals surface area (Å²) < 4.78 is 6.75. The first-order valence-electron chi connectivity index (χ1n) is 8.46. The maximum Gasteiger partial charge on any atom is 0.274 e. The number of carbonyl (C=O) groups excluding carboxylic acids is 1. The maximum absolute atomic E-state index is 12.8. The average Bonchev–Trinajstić information content (AvgIpc) is 3.38. The second-order valence-corrected chi connectivity index (χ2v) is 5.98. The summed E-state index contributed by atoms with van der Waals surface area (Å²) in [6.07, 6.45) is 4.95. The van der Waals surface area contributed by atoms with E-state index < -0.39 is 0 Å². The highest BCUT2D eigenvalue weighted by molar-refractivity contribution is 6.04. The first-order valence-corrected chi connectivity index (χ1v) is 8.46. The van der Waals surface area contributed by atoms with Crippen molar-refractivity contribution in [3.05, 3.63) is 60.7 Å². The summed E-state index contributed by atoms with van der Waals surface area (Å²) in [7, 11) is 3.35. The number of aryl methyl sites for hydroxylation is 1. The summed E-state index contributed by atoms with van der Waals surface area (Å²) in [6.45, 7) is 0. The first kappa shape index (κ1) is 17.4. The number of H-pyrrole nitrogens is 1. The topological polar surface area (TPSA) is 111 Å². The normalized spacial score (nSPS) is 10.6. The molecule has 0 aliphatic rings. The number of carbonyl (C=O) groups is 1. The minimum absolute atomic E-state index is 0.282. The highest BCUT2D eigenvalue weighted by Crippen LogP contribution is 2.26. The zero-order chi connectivity index (χ0) is 19.5. The summed E-state index contributed by atoms with van der Waals surface area (Å²) in [5.74, 6) is 0.300. The molecular formula is C19H17N7O2. The summed E-state index contributed by atoms with van der Waals surface area (Å²) in [4.78, 5) is 21.5. The van der Waals surface area contributed by atoms with Gasteiger partial charge < -0.3 is 10.1 Å². The van der Waals surface area contributed by atoms with Crippen LogP contribution in [0.3, 0.4) is 0 Å². The fraction of sp³-hybridized carbons (Fsp3) is 0.105. The minimum atomic E-state index is -0.343. The zero-order valence-corrected chi connectivity index (χ0v) is 15.2. The van der Waals surface area contributed by atoms with Crippen molar-refractivity contribution < 1.29 is 9.53 Å². The summed E-state index contributed by atoms with van der Waals surface area (Å²) >= 11 is 0. The molecule has 1 amide bonds. The number of rotatable bonds is 5. The van der Waals surface area contributed by atoms with Crippen molar-refractivity contribution in [2.75, 3.05) is 12.4 Å². The fourth-order valence-corrected chi connectivity index (χ4v) is 2.71. The quantitative estimate of drug-likeness (QED) is 0.555. The van der Waals surface area contributed by atoms with Crippen LogP contribution < -0.4 is 10.1 Å². The standard InChI is InChI=1S/C19H17N7O2/c1-26-11-17(18(25-26)15-7-6-12(28-2)10-20-15)23-19(27)16-5-3-4-13(22-16)14-8-9-21-24-14/h3-11H,1-2H3,(H,21,24)(H,23,27). The van der Waals surface area contributed by atoms with Gasteiger partial charge in [0.15, 0.2) is 0 Å². The number of aromatic amines is 1. The molecule has 0 aromatic carbocycles. The molecule has 0 bridgehead atoms. The molecule has 0 saturated heterocycles. The number of aromatic nitrogens is 6. The number of nitrogens with one attached hydrogen (secondary N) is 2. The molecule has 28 heavy (non-hydrogen) atoms. The van der Waals surface area contributed by atoms with Crippen LogP contribution in [0.5, 0.6) is 5.75 Å². The number of anilines is 1. The van der Waals surface area contributed by atoms with E-state index in [4.69, 9.17) is 4.74 Å². The predicted molar refractivity (Wildman–Crippen MR) is 103 cm³/mol. The Kier molecular flexibility index (Phi) is 4.55. The van der Waals surface area contributed by atoms with Crippen LogP contribution in [0.25, 0.3) is 22.8 Å². The molecule has 4 aromatic heterocycles. The van der Waals surface area contributed by atoms with Crippen molar-refractivity contribution in [2.45, 2.75) is 0 Å². The van der Waals surface area contributed by atoms with Crippen molar-refractivity contribution in [3.8, 4) is 28.5 Å². The molecule has 0 fully saturated rings. The lowest BCUT2D eigenvalue weighted by molar-refractivity contribution is 0.102. The Balaban J connectivity index is 1.61. The van der Waals surface area contributed by atoms with Gasteiger partial charge in [-0.05, 0) is 30.3 Å². The van der Waals surface area contributed by atoms with E-state index in [1.165, 1.54) is 0 Å². The molecule has 0 atom stereocenters. The van der Waals surface area contributed by atoms with Gasteiger partial charge in [0.1, 0.15) is 17.1 Å². The van der Waals surface area contributed by atoms with Crippen molar-refractivity contribution >= 4 is 11.6 Å². The molecular weight excluding hydrogens is 358 g/mol. The number of methoxy groups -OCH3 is 1. The van der Waals surface area contributed by atoms with E-state index in [0.29, 0.717) is 28.5 Å². The molecule has 140 valence electrons. The highest BCUT2D eigenvalue weighted by atomic mass is 16.5. The molecule has 0 radical (unpaired) electrons. The van der Waals surface area contributed by atoms with E-state index >= 15 is 0 Å². The average molecular weight is 375 g/mol. The Morgan fingerprint density at radius 3 is 2.79 bits per heavy atom. The zero-order valence-electron chi connectivity index (χ0n) is 15.2. The predicted octanol–water partition coefficient (Wildman–Crippen LogP) is 2.53. The lowest BCUT2D eigenvalue weighted by Crippen LogP contribution is -2.14. The van der Waals surface area contributed by atoms with E-state index in [9.17, 15) is 4.79 Å². The minimum Gasteiger partial charge on any atom is -0.495 e. The molecule has 4 rings (SSSR count). The van der Waals surface area contributed by atoms with Crippen LogP contribution in [0.4, 0.5) is 5.69 Å². The molecule has 4 heterocycles. The maximum atomic E-state index is 12.8. The SMILES string of the molecule is COc1ccc(-c2nn(C)cc2NC(=O)c2cccc(-c3ccn[nH]3)n2)nc1. The number of hydrogen-bond acceptors (Lipinski definition) is 6. The van der Waals surface area contributed by atoms with Gasteiger partial charge >= 0.3 is 0 Å². The van der Waals surface area contributed by atoms with E-state index in [0.717, 1.165) is 5.69 Å². The third-order valence-corrected chi connectivity index (χ3v) is 4.05. The van der Waals surface area contributed by atoms with Crippen LogP contribution >= 0.6 is 0 Å². The van der Waals surface area contributed by atoms with Gasteiger partial charge in [0.25, 0.3) is 5.91 Å².